The standard InChI is InChI=1S/C24H24FN3O2S/c25-21-7-5-17(6-8-21)13-26-23(29)24(30)27-14-22(20-10-12-31-16-20)28-11-9-18-3-1-2-4-19(18)15-28/h1-8,10,12,16,22H,9,11,13-15H2,(H,26,29)(H,27,30)/t22-/m1/s1. The zero-order valence-corrected chi connectivity index (χ0v) is 17.8. The molecule has 1 aromatic heterocycles. The number of hydrogen-bond acceptors (Lipinski definition) is 4. The number of carbonyl (C=O) groups is 2. The van der Waals surface area contributed by atoms with Gasteiger partial charge in [-0.3, -0.25) is 14.5 Å². The van der Waals surface area contributed by atoms with Crippen LogP contribution in [0.15, 0.2) is 65.4 Å². The summed E-state index contributed by atoms with van der Waals surface area (Å²) >= 11 is 1.62. The van der Waals surface area contributed by atoms with Gasteiger partial charge in [-0.05, 0) is 57.6 Å². The molecule has 1 aliphatic heterocycles. The van der Waals surface area contributed by atoms with Gasteiger partial charge in [-0.15, -0.1) is 0 Å². The van der Waals surface area contributed by atoms with E-state index in [-0.39, 0.29) is 18.4 Å². The molecular weight excluding hydrogens is 413 g/mol. The number of nitrogens with zero attached hydrogens (tertiary/aromatic N) is 1. The SMILES string of the molecule is O=C(NCc1ccc(F)cc1)C(=O)NC[C@H](c1ccsc1)N1CCc2ccccc2C1. The fraction of sp³-hybridized carbons (Fsp3) is 0.250. The second-order valence-electron chi connectivity index (χ2n) is 7.58. The molecule has 4 rings (SSSR count). The number of benzene rings is 2. The molecule has 1 atom stereocenters. The van der Waals surface area contributed by atoms with E-state index >= 15 is 0 Å². The largest absolute Gasteiger partial charge is 0.346 e. The van der Waals surface area contributed by atoms with E-state index in [1.807, 2.05) is 5.38 Å². The van der Waals surface area contributed by atoms with Crippen LogP contribution in [0.5, 0.6) is 0 Å². The van der Waals surface area contributed by atoms with Crippen LogP contribution in [0.3, 0.4) is 0 Å². The van der Waals surface area contributed by atoms with Gasteiger partial charge in [0.2, 0.25) is 0 Å². The fourth-order valence-electron chi connectivity index (χ4n) is 3.84. The van der Waals surface area contributed by atoms with Crippen LogP contribution in [0.2, 0.25) is 0 Å². The summed E-state index contributed by atoms with van der Waals surface area (Å²) in [5.74, 6) is -1.70. The zero-order chi connectivity index (χ0) is 21.6. The summed E-state index contributed by atoms with van der Waals surface area (Å²) in [6.45, 7) is 2.22. The Bertz CT molecular complexity index is 1040. The van der Waals surface area contributed by atoms with Crippen molar-refractivity contribution < 1.29 is 14.0 Å². The third kappa shape index (κ3) is 5.37. The number of hydrogen-bond donors (Lipinski definition) is 2. The number of thiophene rings is 1. The lowest BCUT2D eigenvalue weighted by Crippen LogP contribution is -2.45. The van der Waals surface area contributed by atoms with Crippen LogP contribution in [-0.4, -0.2) is 29.8 Å². The van der Waals surface area contributed by atoms with Gasteiger partial charge in [0.1, 0.15) is 5.82 Å². The molecule has 0 bridgehead atoms. The van der Waals surface area contributed by atoms with Gasteiger partial charge in [0.05, 0.1) is 6.04 Å². The molecule has 160 valence electrons. The van der Waals surface area contributed by atoms with Crippen LogP contribution < -0.4 is 10.6 Å². The van der Waals surface area contributed by atoms with Gasteiger partial charge in [-0.2, -0.15) is 11.3 Å². The smallest absolute Gasteiger partial charge is 0.309 e. The molecule has 0 saturated carbocycles. The summed E-state index contributed by atoms with van der Waals surface area (Å²) in [4.78, 5) is 26.9. The van der Waals surface area contributed by atoms with Gasteiger partial charge < -0.3 is 10.6 Å². The van der Waals surface area contributed by atoms with Crippen molar-refractivity contribution in [1.29, 1.82) is 0 Å². The summed E-state index contributed by atoms with van der Waals surface area (Å²) in [5, 5.41) is 9.49. The molecule has 5 nitrogen and oxygen atoms in total. The molecule has 0 aliphatic carbocycles. The summed E-state index contributed by atoms with van der Waals surface area (Å²) in [5.41, 5.74) is 4.53. The number of fused-ring (bicyclic) bond motifs is 1. The Morgan fingerprint density at radius 1 is 1.00 bits per heavy atom. The van der Waals surface area contributed by atoms with Crippen molar-refractivity contribution in [2.24, 2.45) is 0 Å². The number of nitrogens with one attached hydrogen (secondary N) is 2. The van der Waals surface area contributed by atoms with Crippen molar-refractivity contribution >= 4 is 23.2 Å². The third-order valence-corrected chi connectivity index (χ3v) is 6.26. The summed E-state index contributed by atoms with van der Waals surface area (Å²) in [6.07, 6.45) is 0.961. The molecule has 0 unspecified atom stereocenters. The van der Waals surface area contributed by atoms with Crippen LogP contribution in [0.25, 0.3) is 0 Å². The lowest BCUT2D eigenvalue weighted by Gasteiger charge is -2.35. The van der Waals surface area contributed by atoms with E-state index in [2.05, 4.69) is 51.2 Å². The fourth-order valence-corrected chi connectivity index (χ4v) is 4.55. The normalized spacial score (nSPS) is 14.5. The second-order valence-corrected chi connectivity index (χ2v) is 8.36. The highest BCUT2D eigenvalue weighted by Gasteiger charge is 2.26. The van der Waals surface area contributed by atoms with Crippen LogP contribution in [0.1, 0.15) is 28.3 Å². The molecular formula is C24H24FN3O2S. The Kier molecular flexibility index (Phi) is 6.74. The van der Waals surface area contributed by atoms with Gasteiger partial charge in [0.25, 0.3) is 0 Å². The molecule has 2 amide bonds. The Balaban J connectivity index is 1.36. The maximum absolute atomic E-state index is 13.0. The predicted octanol–water partition coefficient (Wildman–Crippen LogP) is 3.42. The highest BCUT2D eigenvalue weighted by Crippen LogP contribution is 2.28. The maximum Gasteiger partial charge on any atom is 0.309 e. The number of rotatable bonds is 6. The first-order chi connectivity index (χ1) is 15.1. The topological polar surface area (TPSA) is 61.4 Å². The first-order valence-corrected chi connectivity index (χ1v) is 11.2. The Morgan fingerprint density at radius 3 is 2.48 bits per heavy atom. The quantitative estimate of drug-likeness (QED) is 0.581. The van der Waals surface area contributed by atoms with Crippen molar-refractivity contribution in [3.05, 3.63) is 93.4 Å². The van der Waals surface area contributed by atoms with E-state index in [1.54, 1.807) is 23.5 Å². The Hall–Kier alpha value is -3.03. The number of carbonyl (C=O) groups excluding carboxylic acids is 2. The van der Waals surface area contributed by atoms with E-state index in [0.29, 0.717) is 6.54 Å². The first-order valence-electron chi connectivity index (χ1n) is 10.2. The maximum atomic E-state index is 13.0. The van der Waals surface area contributed by atoms with Gasteiger partial charge in [-0.25, -0.2) is 4.39 Å². The Labute approximate surface area is 184 Å². The van der Waals surface area contributed by atoms with E-state index in [9.17, 15) is 14.0 Å². The van der Waals surface area contributed by atoms with Crippen LogP contribution in [0, 0.1) is 5.82 Å². The molecule has 2 heterocycles. The highest BCUT2D eigenvalue weighted by molar-refractivity contribution is 7.08. The second kappa shape index (κ2) is 9.85. The lowest BCUT2D eigenvalue weighted by atomic mass is 9.97. The van der Waals surface area contributed by atoms with Crippen molar-refractivity contribution in [1.82, 2.24) is 15.5 Å². The average Bonchev–Trinajstić information content (AvgIpc) is 3.33. The molecule has 0 fully saturated rings. The molecule has 1 aliphatic rings. The molecule has 3 aromatic rings. The summed E-state index contributed by atoms with van der Waals surface area (Å²) in [7, 11) is 0. The third-order valence-electron chi connectivity index (χ3n) is 5.56. The molecule has 0 saturated heterocycles. The molecule has 2 aromatic carbocycles. The van der Waals surface area contributed by atoms with Gasteiger partial charge in [-0.1, -0.05) is 36.4 Å². The van der Waals surface area contributed by atoms with Gasteiger partial charge >= 0.3 is 11.8 Å². The minimum Gasteiger partial charge on any atom is -0.346 e. The van der Waals surface area contributed by atoms with Crippen LogP contribution >= 0.6 is 11.3 Å². The predicted molar refractivity (Wildman–Crippen MR) is 119 cm³/mol. The van der Waals surface area contributed by atoms with E-state index in [1.165, 1.54) is 23.3 Å². The molecule has 7 heteroatoms. The minimum absolute atomic E-state index is 0.00606. The van der Waals surface area contributed by atoms with E-state index in [4.69, 9.17) is 0 Å². The Morgan fingerprint density at radius 2 is 1.74 bits per heavy atom. The van der Waals surface area contributed by atoms with Crippen molar-refractivity contribution in [3.8, 4) is 0 Å². The van der Waals surface area contributed by atoms with Crippen LogP contribution in [0.4, 0.5) is 4.39 Å². The number of amides is 2. The van der Waals surface area contributed by atoms with E-state index in [0.717, 1.165) is 30.6 Å². The first kappa shape index (κ1) is 21.2. The van der Waals surface area contributed by atoms with Gasteiger partial charge in [0, 0.05) is 26.2 Å². The average molecular weight is 438 g/mol. The highest BCUT2D eigenvalue weighted by atomic mass is 32.1. The van der Waals surface area contributed by atoms with Crippen molar-refractivity contribution in [2.75, 3.05) is 13.1 Å². The minimum atomic E-state index is -0.697. The molecule has 31 heavy (non-hydrogen) atoms. The van der Waals surface area contributed by atoms with Gasteiger partial charge in [0.15, 0.2) is 0 Å². The molecule has 2 N–H and O–H groups in total. The van der Waals surface area contributed by atoms with Crippen LogP contribution in [-0.2, 0) is 29.1 Å². The lowest BCUT2D eigenvalue weighted by molar-refractivity contribution is -0.139. The molecule has 0 radical (unpaired) electrons. The van der Waals surface area contributed by atoms with Crippen molar-refractivity contribution in [2.45, 2.75) is 25.6 Å². The van der Waals surface area contributed by atoms with Crippen molar-refractivity contribution in [3.63, 3.8) is 0 Å². The van der Waals surface area contributed by atoms with E-state index < -0.39 is 11.8 Å². The molecule has 0 spiro atoms. The monoisotopic (exact) mass is 437 g/mol. The zero-order valence-electron chi connectivity index (χ0n) is 17.0. The summed E-state index contributed by atoms with van der Waals surface area (Å²) in [6, 6.07) is 16.3. The summed E-state index contributed by atoms with van der Waals surface area (Å²) < 4.78 is 13.0. The number of halogens is 1.